The zero-order chi connectivity index (χ0) is 20.9. The molecule has 1 N–H and O–H groups in total. The number of hydrogen-bond donors (Lipinski definition) is 1. The van der Waals surface area contributed by atoms with Gasteiger partial charge in [0.15, 0.2) is 11.5 Å². The van der Waals surface area contributed by atoms with Gasteiger partial charge in [-0.15, -0.1) is 0 Å². The number of aliphatic hydroxyl groups is 1. The number of aliphatic hydroxyl groups excluding tert-OH is 1. The molecule has 0 heterocycles. The fraction of sp³-hybridized carbons (Fsp3) is 0.478. The Morgan fingerprint density at radius 2 is 1.55 bits per heavy atom. The van der Waals surface area contributed by atoms with Crippen LogP contribution < -0.4 is 14.2 Å². The monoisotopic (exact) mass is 403 g/mol. The van der Waals surface area contributed by atoms with Crippen molar-refractivity contribution in [3.8, 4) is 17.2 Å². The lowest BCUT2D eigenvalue weighted by Crippen LogP contribution is -2.32. The van der Waals surface area contributed by atoms with E-state index in [1.165, 1.54) is 0 Å². The second-order valence-corrected chi connectivity index (χ2v) is 6.73. The molecule has 29 heavy (non-hydrogen) atoms. The van der Waals surface area contributed by atoms with E-state index >= 15 is 0 Å². The van der Waals surface area contributed by atoms with Crippen LogP contribution in [-0.4, -0.2) is 62.7 Å². The number of likely N-dealkylation sites (N-methyl/N-ethyl adjacent to an activating group) is 1. The van der Waals surface area contributed by atoms with Crippen LogP contribution in [0.25, 0.3) is 0 Å². The summed E-state index contributed by atoms with van der Waals surface area (Å²) in [6.07, 6.45) is -0.601. The number of rotatable bonds is 14. The summed E-state index contributed by atoms with van der Waals surface area (Å²) in [6.45, 7) is 7.75. The van der Waals surface area contributed by atoms with Crippen molar-refractivity contribution in [1.29, 1.82) is 0 Å². The summed E-state index contributed by atoms with van der Waals surface area (Å²) in [7, 11) is 1.98. The first-order valence-electron chi connectivity index (χ1n) is 10.1. The highest BCUT2D eigenvalue weighted by molar-refractivity contribution is 5.39. The average Bonchev–Trinajstić information content (AvgIpc) is 2.72. The van der Waals surface area contributed by atoms with Crippen molar-refractivity contribution in [3.05, 3.63) is 54.1 Å². The van der Waals surface area contributed by atoms with Crippen molar-refractivity contribution in [1.82, 2.24) is 4.90 Å². The van der Waals surface area contributed by atoms with Crippen LogP contribution in [0, 0.1) is 0 Å². The van der Waals surface area contributed by atoms with E-state index in [9.17, 15) is 5.11 Å². The Morgan fingerprint density at radius 3 is 2.21 bits per heavy atom. The molecule has 2 aromatic carbocycles. The van der Waals surface area contributed by atoms with Crippen LogP contribution >= 0.6 is 0 Å². The molecular formula is C23H33NO5. The molecule has 0 aliphatic carbocycles. The minimum Gasteiger partial charge on any atom is -0.491 e. The van der Waals surface area contributed by atoms with Crippen LogP contribution in [-0.2, 0) is 11.3 Å². The van der Waals surface area contributed by atoms with Gasteiger partial charge in [0.1, 0.15) is 25.1 Å². The lowest BCUT2D eigenvalue weighted by Gasteiger charge is -2.21. The highest BCUT2D eigenvalue weighted by Gasteiger charge is 2.12. The molecule has 160 valence electrons. The van der Waals surface area contributed by atoms with E-state index in [0.717, 1.165) is 17.9 Å². The molecule has 0 aliphatic heterocycles. The Labute approximate surface area is 174 Å². The molecule has 6 heteroatoms. The quantitative estimate of drug-likeness (QED) is 0.488. The van der Waals surface area contributed by atoms with Gasteiger partial charge in [0, 0.05) is 19.7 Å². The molecule has 2 rings (SSSR count). The molecule has 0 saturated heterocycles. The number of para-hydroxylation sites is 2. The Balaban J connectivity index is 1.73. The molecule has 0 radical (unpaired) electrons. The van der Waals surface area contributed by atoms with Gasteiger partial charge < -0.3 is 24.1 Å². The third-order valence-electron chi connectivity index (χ3n) is 4.18. The summed E-state index contributed by atoms with van der Waals surface area (Å²) in [6, 6.07) is 15.5. The van der Waals surface area contributed by atoms with E-state index in [4.69, 9.17) is 18.9 Å². The largest absolute Gasteiger partial charge is 0.491 e. The fourth-order valence-corrected chi connectivity index (χ4v) is 2.87. The van der Waals surface area contributed by atoms with E-state index < -0.39 is 6.10 Å². The van der Waals surface area contributed by atoms with Gasteiger partial charge in [0.2, 0.25) is 0 Å². The maximum atomic E-state index is 10.3. The van der Waals surface area contributed by atoms with Gasteiger partial charge in [0.25, 0.3) is 0 Å². The van der Waals surface area contributed by atoms with Crippen molar-refractivity contribution in [2.45, 2.75) is 26.5 Å². The van der Waals surface area contributed by atoms with Gasteiger partial charge in [0.05, 0.1) is 13.2 Å². The maximum absolute atomic E-state index is 10.3. The third-order valence-corrected chi connectivity index (χ3v) is 4.18. The smallest absolute Gasteiger partial charge is 0.161 e. The van der Waals surface area contributed by atoms with Gasteiger partial charge in [-0.1, -0.05) is 24.3 Å². The topological polar surface area (TPSA) is 60.4 Å². The molecule has 0 bridgehead atoms. The van der Waals surface area contributed by atoms with Crippen molar-refractivity contribution in [3.63, 3.8) is 0 Å². The molecule has 0 saturated carbocycles. The first-order chi connectivity index (χ1) is 14.1. The highest BCUT2D eigenvalue weighted by Crippen LogP contribution is 2.26. The number of hydrogen-bond acceptors (Lipinski definition) is 6. The van der Waals surface area contributed by atoms with Crippen molar-refractivity contribution >= 4 is 0 Å². The molecule has 0 aliphatic rings. The van der Waals surface area contributed by atoms with Crippen LogP contribution in [0.4, 0.5) is 0 Å². The summed E-state index contributed by atoms with van der Waals surface area (Å²) in [5.41, 5.74) is 1.15. The third kappa shape index (κ3) is 8.73. The normalized spacial score (nSPS) is 12.0. The van der Waals surface area contributed by atoms with E-state index in [1.807, 2.05) is 69.4 Å². The van der Waals surface area contributed by atoms with E-state index in [0.29, 0.717) is 44.5 Å². The van der Waals surface area contributed by atoms with Crippen LogP contribution in [0.15, 0.2) is 48.5 Å². The Morgan fingerprint density at radius 1 is 0.862 bits per heavy atom. The molecule has 1 atom stereocenters. The predicted octanol–water partition coefficient (Wildman–Crippen LogP) is 3.37. The number of ether oxygens (including phenoxy) is 4. The maximum Gasteiger partial charge on any atom is 0.161 e. The Bertz CT molecular complexity index is 692. The summed E-state index contributed by atoms with van der Waals surface area (Å²) in [5, 5.41) is 10.3. The van der Waals surface area contributed by atoms with Gasteiger partial charge >= 0.3 is 0 Å². The first-order valence-corrected chi connectivity index (χ1v) is 10.1. The van der Waals surface area contributed by atoms with E-state index in [2.05, 4.69) is 4.90 Å². The molecule has 6 nitrogen and oxygen atoms in total. The Hall–Kier alpha value is -2.28. The van der Waals surface area contributed by atoms with Crippen LogP contribution in [0.3, 0.4) is 0 Å². The minimum atomic E-state index is -0.601. The van der Waals surface area contributed by atoms with Gasteiger partial charge in [-0.3, -0.25) is 4.90 Å². The fourth-order valence-electron chi connectivity index (χ4n) is 2.87. The highest BCUT2D eigenvalue weighted by atomic mass is 16.5. The molecule has 0 aromatic heterocycles. The molecule has 0 amide bonds. The van der Waals surface area contributed by atoms with E-state index in [1.54, 1.807) is 0 Å². The molecular weight excluding hydrogens is 370 g/mol. The summed E-state index contributed by atoms with van der Waals surface area (Å²) in [5.74, 6) is 2.17. The Kier molecular flexibility index (Phi) is 10.3. The molecule has 0 unspecified atom stereocenters. The average molecular weight is 404 g/mol. The van der Waals surface area contributed by atoms with Crippen molar-refractivity contribution < 1.29 is 24.1 Å². The van der Waals surface area contributed by atoms with Crippen LogP contribution in [0.1, 0.15) is 19.4 Å². The van der Waals surface area contributed by atoms with Gasteiger partial charge in [-0.05, 0) is 50.7 Å². The minimum absolute atomic E-state index is 0.209. The van der Waals surface area contributed by atoms with Crippen LogP contribution in [0.2, 0.25) is 0 Å². The van der Waals surface area contributed by atoms with E-state index in [-0.39, 0.29) is 6.61 Å². The molecule has 0 fully saturated rings. The van der Waals surface area contributed by atoms with Crippen molar-refractivity contribution in [2.24, 2.45) is 0 Å². The van der Waals surface area contributed by atoms with Gasteiger partial charge in [-0.2, -0.15) is 0 Å². The van der Waals surface area contributed by atoms with Crippen molar-refractivity contribution in [2.75, 3.05) is 46.6 Å². The second-order valence-electron chi connectivity index (χ2n) is 6.73. The van der Waals surface area contributed by atoms with Crippen LogP contribution in [0.5, 0.6) is 17.2 Å². The first kappa shape index (κ1) is 23.0. The molecule has 0 spiro atoms. The number of nitrogens with zero attached hydrogens (tertiary/aromatic N) is 1. The zero-order valence-corrected chi connectivity index (χ0v) is 17.7. The lowest BCUT2D eigenvalue weighted by atomic mass is 10.2. The molecule has 2 aromatic rings. The SMILES string of the molecule is CCOCCOc1ccc(CN(C)C[C@H](O)COc2ccccc2OCC)cc1. The second kappa shape index (κ2) is 13.0. The number of benzene rings is 2. The lowest BCUT2D eigenvalue weighted by molar-refractivity contribution is 0.0730. The standard InChI is InChI=1S/C23H33NO5/c1-4-26-14-15-28-21-12-10-19(11-13-21)16-24(3)17-20(25)18-29-23-9-7-6-8-22(23)27-5-2/h6-13,20,25H,4-5,14-18H2,1-3H3/t20-/m0/s1. The zero-order valence-electron chi connectivity index (χ0n) is 17.7. The predicted molar refractivity (Wildman–Crippen MR) is 114 cm³/mol. The van der Waals surface area contributed by atoms with Gasteiger partial charge in [-0.25, -0.2) is 0 Å². The summed E-state index contributed by atoms with van der Waals surface area (Å²) < 4.78 is 22.2. The summed E-state index contributed by atoms with van der Waals surface area (Å²) >= 11 is 0. The summed E-state index contributed by atoms with van der Waals surface area (Å²) in [4.78, 5) is 2.06.